The van der Waals surface area contributed by atoms with Crippen molar-refractivity contribution < 1.29 is 0 Å². The molecule has 11 aromatic rings. The van der Waals surface area contributed by atoms with Gasteiger partial charge in [-0.3, -0.25) is 0 Å². The van der Waals surface area contributed by atoms with Crippen LogP contribution in [0.3, 0.4) is 0 Å². The van der Waals surface area contributed by atoms with Crippen LogP contribution in [0.2, 0.25) is 0 Å². The fourth-order valence-electron chi connectivity index (χ4n) is 14.9. The molecular formula is C75H54Br2N2. The van der Waals surface area contributed by atoms with Crippen molar-refractivity contribution in [3.63, 3.8) is 0 Å². The highest BCUT2D eigenvalue weighted by Gasteiger charge is 2.54. The van der Waals surface area contributed by atoms with Crippen LogP contribution in [-0.2, 0) is 16.2 Å². The van der Waals surface area contributed by atoms with Gasteiger partial charge in [0.15, 0.2) is 0 Å². The van der Waals surface area contributed by atoms with Crippen molar-refractivity contribution in [2.45, 2.75) is 56.8 Å². The summed E-state index contributed by atoms with van der Waals surface area (Å²) >= 11 is 8.05. The van der Waals surface area contributed by atoms with E-state index in [4.69, 9.17) is 0 Å². The highest BCUT2D eigenvalue weighted by atomic mass is 79.9. The highest BCUT2D eigenvalue weighted by Crippen LogP contribution is 2.67. The molecule has 4 heteroatoms. The number of fused-ring (bicyclic) bond motifs is 18. The average molecular weight is 1140 g/mol. The van der Waals surface area contributed by atoms with Gasteiger partial charge in [-0.15, -0.1) is 0 Å². The number of hydrogen-bond acceptors (Lipinski definition) is 2. The van der Waals surface area contributed by atoms with Crippen molar-refractivity contribution in [3.05, 3.63) is 282 Å². The van der Waals surface area contributed by atoms with E-state index in [0.717, 1.165) is 38.8 Å². The fourth-order valence-corrected chi connectivity index (χ4v) is 15.6. The second kappa shape index (κ2) is 17.0. The summed E-state index contributed by atoms with van der Waals surface area (Å²) in [6.07, 6.45) is 6.94. The zero-order valence-electron chi connectivity index (χ0n) is 44.5. The molecule has 378 valence electrons. The maximum Gasteiger partial charge on any atom is 0.0726 e. The topological polar surface area (TPSA) is 6.48 Å². The van der Waals surface area contributed by atoms with Gasteiger partial charge in [-0.05, 0) is 222 Å². The number of hydrogen-bond donors (Lipinski definition) is 0. The summed E-state index contributed by atoms with van der Waals surface area (Å²) < 4.78 is 2.17. The van der Waals surface area contributed by atoms with E-state index >= 15 is 0 Å². The van der Waals surface area contributed by atoms with E-state index in [9.17, 15) is 0 Å². The van der Waals surface area contributed by atoms with Crippen LogP contribution < -0.4 is 20.2 Å². The first-order valence-electron chi connectivity index (χ1n) is 27.8. The zero-order chi connectivity index (χ0) is 53.1. The van der Waals surface area contributed by atoms with E-state index in [0.29, 0.717) is 0 Å². The van der Waals surface area contributed by atoms with E-state index in [1.165, 1.54) is 127 Å². The van der Waals surface area contributed by atoms with Gasteiger partial charge >= 0.3 is 0 Å². The third kappa shape index (κ3) is 6.56. The van der Waals surface area contributed by atoms with Gasteiger partial charge in [0, 0.05) is 53.1 Å². The lowest BCUT2D eigenvalue weighted by atomic mass is 9.69. The Morgan fingerprint density at radius 3 is 1.33 bits per heavy atom. The van der Waals surface area contributed by atoms with Crippen molar-refractivity contribution in [1.29, 1.82) is 0 Å². The van der Waals surface area contributed by atoms with Gasteiger partial charge in [-0.25, -0.2) is 0 Å². The Labute approximate surface area is 478 Å². The Kier molecular flexibility index (Phi) is 10.1. The molecule has 0 bridgehead atoms. The Morgan fingerprint density at radius 2 is 0.747 bits per heavy atom. The molecule has 0 N–H and O–H groups in total. The molecule has 2 nitrogen and oxygen atoms in total. The lowest BCUT2D eigenvalue weighted by molar-refractivity contribution is 0.659. The van der Waals surface area contributed by atoms with Gasteiger partial charge in [0.2, 0.25) is 0 Å². The monoisotopic (exact) mass is 1140 g/mol. The second-order valence-electron chi connectivity index (χ2n) is 23.3. The van der Waals surface area contributed by atoms with Gasteiger partial charge < -0.3 is 9.80 Å². The second-order valence-corrected chi connectivity index (χ2v) is 25.2. The minimum absolute atomic E-state index is 0.293. The fraction of sp³-hybridized carbons (Fsp3) is 0.120. The van der Waals surface area contributed by atoms with E-state index in [1.807, 2.05) is 0 Å². The van der Waals surface area contributed by atoms with Crippen LogP contribution in [0.25, 0.3) is 67.4 Å². The third-order valence-electron chi connectivity index (χ3n) is 18.5. The Bertz CT molecular complexity index is 4530. The molecule has 0 aromatic heterocycles. The molecule has 0 heterocycles. The van der Waals surface area contributed by atoms with Gasteiger partial charge in [-0.1, -0.05) is 181 Å². The zero-order valence-corrected chi connectivity index (χ0v) is 47.7. The predicted octanol–water partition coefficient (Wildman–Crippen LogP) is 19.6. The summed E-state index contributed by atoms with van der Waals surface area (Å²) in [7, 11) is 0. The molecular weight excluding hydrogens is 1090 g/mol. The van der Waals surface area contributed by atoms with Crippen molar-refractivity contribution in [2.75, 3.05) is 9.80 Å². The summed E-state index contributed by atoms with van der Waals surface area (Å²) in [6.45, 7) is 9.79. The number of rotatable bonds is 6. The van der Waals surface area contributed by atoms with Crippen molar-refractivity contribution in [3.8, 4) is 44.5 Å². The number of benzene rings is 11. The van der Waals surface area contributed by atoms with E-state index < -0.39 is 5.41 Å². The lowest BCUT2D eigenvalue weighted by Gasteiger charge is -2.32. The highest BCUT2D eigenvalue weighted by molar-refractivity contribution is 9.10. The minimum Gasteiger partial charge on any atom is -0.310 e. The SMILES string of the molecule is CC1(C)c2cc(N(c3ccccc3)c3cccc4c3=CCCC=4)ccc2-c2cc3c(cc21)-c1cc2c(cc1C31c3cc(Br)ccc3-c3ccc(Br)cc31)-c1ccc(N(c3ccccc3)c3cccc4ccccc34)cc1C2(C)C. The summed E-state index contributed by atoms with van der Waals surface area (Å²) in [5, 5.41) is 5.07. The molecule has 1 spiro atoms. The smallest absolute Gasteiger partial charge is 0.0726 e. The van der Waals surface area contributed by atoms with Gasteiger partial charge in [0.1, 0.15) is 0 Å². The van der Waals surface area contributed by atoms with E-state index in [-0.39, 0.29) is 10.8 Å². The van der Waals surface area contributed by atoms with Gasteiger partial charge in [-0.2, -0.15) is 0 Å². The molecule has 16 rings (SSSR count). The summed E-state index contributed by atoms with van der Waals surface area (Å²) in [4.78, 5) is 4.93. The van der Waals surface area contributed by atoms with Crippen LogP contribution in [0.1, 0.15) is 85.0 Å². The molecule has 5 aliphatic rings. The van der Waals surface area contributed by atoms with Crippen LogP contribution in [0.5, 0.6) is 0 Å². The molecule has 0 atom stereocenters. The molecule has 0 radical (unpaired) electrons. The Hall–Kier alpha value is -8.02. The van der Waals surface area contributed by atoms with Crippen molar-refractivity contribution in [1.82, 2.24) is 0 Å². The predicted molar refractivity (Wildman–Crippen MR) is 338 cm³/mol. The van der Waals surface area contributed by atoms with Crippen LogP contribution in [-0.4, -0.2) is 0 Å². The van der Waals surface area contributed by atoms with Crippen LogP contribution >= 0.6 is 31.9 Å². The number of anilines is 6. The molecule has 0 unspecified atom stereocenters. The maximum absolute atomic E-state index is 4.02. The normalized spacial score (nSPS) is 15.4. The van der Waals surface area contributed by atoms with Gasteiger partial charge in [0.25, 0.3) is 0 Å². The number of halogens is 2. The molecule has 0 saturated carbocycles. The van der Waals surface area contributed by atoms with Crippen molar-refractivity contribution in [2.24, 2.45) is 0 Å². The molecule has 0 fully saturated rings. The molecule has 0 amide bonds. The Balaban J connectivity index is 0.908. The number of para-hydroxylation sites is 2. The molecule has 0 saturated heterocycles. The Morgan fingerprint density at radius 1 is 0.329 bits per heavy atom. The minimum atomic E-state index is -0.588. The first-order chi connectivity index (χ1) is 38.5. The first-order valence-corrected chi connectivity index (χ1v) is 29.3. The standard InChI is InChI=1S/C75H54Br2N2/c1-73(2)63-39-51(78(49-21-7-5-8-22-49)71-27-15-19-45-17-11-13-25-53(45)71)31-35-57(63)59-43-69-61(41-65(59)73)62-42-66-60(44-70(62)75(69)67-37-47(76)29-33-55(67)56-34-30-48(77)38-68(56)75)58-36-32-52(40-64(58)74(66,3)4)79(50-23-9-6-10-24-50)72-28-16-20-46-18-12-14-26-54(46)72/h5-11,13,15-44H,12,14H2,1-4H3. The van der Waals surface area contributed by atoms with E-state index in [1.54, 1.807) is 0 Å². The summed E-state index contributed by atoms with van der Waals surface area (Å²) in [5.74, 6) is 0. The molecule has 11 aromatic carbocycles. The van der Waals surface area contributed by atoms with Crippen LogP contribution in [0.15, 0.2) is 227 Å². The number of nitrogens with zero attached hydrogens (tertiary/aromatic N) is 2. The average Bonchev–Trinajstić information content (AvgIpc) is 4.03. The van der Waals surface area contributed by atoms with Crippen molar-refractivity contribution >= 4 is 88.9 Å². The largest absolute Gasteiger partial charge is 0.310 e. The van der Waals surface area contributed by atoms with Crippen LogP contribution in [0.4, 0.5) is 34.1 Å². The molecule has 79 heavy (non-hydrogen) atoms. The quantitative estimate of drug-likeness (QED) is 0.164. The first kappa shape index (κ1) is 47.0. The lowest BCUT2D eigenvalue weighted by Crippen LogP contribution is -2.32. The van der Waals surface area contributed by atoms with Crippen LogP contribution in [0, 0.1) is 0 Å². The van der Waals surface area contributed by atoms with E-state index in [2.05, 4.69) is 300 Å². The summed E-state index contributed by atoms with van der Waals surface area (Å²) in [6, 6.07) is 82.9. The maximum atomic E-state index is 4.02. The molecule has 5 aliphatic carbocycles. The molecule has 0 aliphatic heterocycles. The third-order valence-corrected chi connectivity index (χ3v) is 19.5. The van der Waals surface area contributed by atoms with Gasteiger partial charge in [0.05, 0.1) is 16.8 Å². The summed E-state index contributed by atoms with van der Waals surface area (Å²) in [5.41, 5.74) is 27.1.